The standard InChI is InChI=1S/C10H18N2O/c1-6-9(7-2)11-8(3)10(13)12(4)5/h1,8-9,11H,7H2,2-5H3. The summed E-state index contributed by atoms with van der Waals surface area (Å²) in [4.78, 5) is 13.0. The van der Waals surface area contributed by atoms with E-state index in [0.717, 1.165) is 6.42 Å². The molecule has 0 heterocycles. The summed E-state index contributed by atoms with van der Waals surface area (Å²) < 4.78 is 0. The van der Waals surface area contributed by atoms with E-state index in [-0.39, 0.29) is 18.0 Å². The quantitative estimate of drug-likeness (QED) is 0.641. The van der Waals surface area contributed by atoms with Crippen molar-refractivity contribution in [2.45, 2.75) is 32.4 Å². The molecule has 74 valence electrons. The highest BCUT2D eigenvalue weighted by Crippen LogP contribution is 1.94. The zero-order chi connectivity index (χ0) is 10.4. The Balaban J connectivity index is 4.07. The number of nitrogens with one attached hydrogen (secondary N) is 1. The van der Waals surface area contributed by atoms with Crippen LogP contribution in [0.5, 0.6) is 0 Å². The Morgan fingerprint density at radius 3 is 2.46 bits per heavy atom. The van der Waals surface area contributed by atoms with Crippen LogP contribution in [0.15, 0.2) is 0 Å². The normalized spacial score (nSPS) is 14.4. The molecule has 0 aromatic heterocycles. The number of nitrogens with zero attached hydrogens (tertiary/aromatic N) is 1. The molecule has 0 aliphatic rings. The van der Waals surface area contributed by atoms with E-state index in [0.29, 0.717) is 0 Å². The number of carbonyl (C=O) groups excluding carboxylic acids is 1. The number of terminal acetylenes is 1. The van der Waals surface area contributed by atoms with Gasteiger partial charge in [-0.05, 0) is 13.3 Å². The second-order valence-electron chi connectivity index (χ2n) is 3.25. The fourth-order valence-electron chi connectivity index (χ4n) is 1.04. The minimum Gasteiger partial charge on any atom is -0.347 e. The van der Waals surface area contributed by atoms with E-state index in [1.807, 2.05) is 13.8 Å². The van der Waals surface area contributed by atoms with E-state index in [2.05, 4.69) is 11.2 Å². The third kappa shape index (κ3) is 3.95. The SMILES string of the molecule is C#CC(CC)NC(C)C(=O)N(C)C. The highest BCUT2D eigenvalue weighted by atomic mass is 16.2. The molecule has 0 aliphatic carbocycles. The fraction of sp³-hybridized carbons (Fsp3) is 0.700. The predicted octanol–water partition coefficient (Wildman–Crippen LogP) is 0.464. The predicted molar refractivity (Wildman–Crippen MR) is 54.2 cm³/mol. The van der Waals surface area contributed by atoms with Gasteiger partial charge in [0.25, 0.3) is 0 Å². The number of hydrogen-bond acceptors (Lipinski definition) is 2. The Morgan fingerprint density at radius 2 is 2.15 bits per heavy atom. The first kappa shape index (κ1) is 12.0. The van der Waals surface area contributed by atoms with Crippen molar-refractivity contribution in [2.75, 3.05) is 14.1 Å². The van der Waals surface area contributed by atoms with Gasteiger partial charge in [-0.1, -0.05) is 12.8 Å². The average Bonchev–Trinajstić information content (AvgIpc) is 2.12. The molecular formula is C10H18N2O. The molecule has 0 bridgehead atoms. The van der Waals surface area contributed by atoms with Crippen molar-refractivity contribution in [1.29, 1.82) is 0 Å². The smallest absolute Gasteiger partial charge is 0.238 e. The van der Waals surface area contributed by atoms with Gasteiger partial charge in [0, 0.05) is 14.1 Å². The molecule has 0 aromatic carbocycles. The maximum atomic E-state index is 11.4. The number of amides is 1. The lowest BCUT2D eigenvalue weighted by molar-refractivity contribution is -0.130. The van der Waals surface area contributed by atoms with Gasteiger partial charge in [0.05, 0.1) is 12.1 Å². The molecule has 1 N–H and O–H groups in total. The zero-order valence-corrected chi connectivity index (χ0v) is 8.79. The zero-order valence-electron chi connectivity index (χ0n) is 8.79. The third-order valence-electron chi connectivity index (χ3n) is 1.87. The molecule has 0 radical (unpaired) electrons. The van der Waals surface area contributed by atoms with Crippen LogP contribution in [0.3, 0.4) is 0 Å². The summed E-state index contributed by atoms with van der Waals surface area (Å²) in [6, 6.07) is -0.227. The molecular weight excluding hydrogens is 164 g/mol. The van der Waals surface area contributed by atoms with Gasteiger partial charge in [0.2, 0.25) is 5.91 Å². The topological polar surface area (TPSA) is 32.3 Å². The Kier molecular flexibility index (Phi) is 5.17. The van der Waals surface area contributed by atoms with E-state index in [1.54, 1.807) is 19.0 Å². The van der Waals surface area contributed by atoms with E-state index < -0.39 is 0 Å². The molecule has 3 heteroatoms. The largest absolute Gasteiger partial charge is 0.347 e. The lowest BCUT2D eigenvalue weighted by atomic mass is 10.2. The third-order valence-corrected chi connectivity index (χ3v) is 1.87. The lowest BCUT2D eigenvalue weighted by Gasteiger charge is -2.20. The lowest BCUT2D eigenvalue weighted by Crippen LogP contribution is -2.45. The van der Waals surface area contributed by atoms with Crippen molar-refractivity contribution in [3.05, 3.63) is 0 Å². The van der Waals surface area contributed by atoms with E-state index in [1.165, 1.54) is 0 Å². The molecule has 0 spiro atoms. The fourth-order valence-corrected chi connectivity index (χ4v) is 1.04. The van der Waals surface area contributed by atoms with Gasteiger partial charge in [0.1, 0.15) is 0 Å². The summed E-state index contributed by atoms with van der Waals surface area (Å²) in [5, 5.41) is 3.07. The molecule has 2 unspecified atom stereocenters. The van der Waals surface area contributed by atoms with Gasteiger partial charge in [-0.25, -0.2) is 0 Å². The first-order valence-corrected chi connectivity index (χ1v) is 4.46. The number of likely N-dealkylation sites (N-methyl/N-ethyl adjacent to an activating group) is 1. The summed E-state index contributed by atoms with van der Waals surface area (Å²) in [6.07, 6.45) is 6.11. The summed E-state index contributed by atoms with van der Waals surface area (Å²) in [5.41, 5.74) is 0. The van der Waals surface area contributed by atoms with Crippen molar-refractivity contribution in [3.8, 4) is 12.3 Å². The molecule has 0 saturated carbocycles. The monoisotopic (exact) mass is 182 g/mol. The van der Waals surface area contributed by atoms with Gasteiger partial charge in [-0.2, -0.15) is 0 Å². The van der Waals surface area contributed by atoms with Crippen molar-refractivity contribution in [1.82, 2.24) is 10.2 Å². The number of rotatable bonds is 4. The van der Waals surface area contributed by atoms with Gasteiger partial charge in [0.15, 0.2) is 0 Å². The Hall–Kier alpha value is -1.01. The maximum Gasteiger partial charge on any atom is 0.238 e. The van der Waals surface area contributed by atoms with Crippen LogP contribution in [-0.2, 0) is 4.79 Å². The molecule has 0 saturated heterocycles. The maximum absolute atomic E-state index is 11.4. The summed E-state index contributed by atoms with van der Waals surface area (Å²) >= 11 is 0. The second kappa shape index (κ2) is 5.60. The highest BCUT2D eigenvalue weighted by molar-refractivity contribution is 5.80. The number of carbonyl (C=O) groups is 1. The van der Waals surface area contributed by atoms with Crippen LogP contribution in [-0.4, -0.2) is 37.0 Å². The van der Waals surface area contributed by atoms with Crippen LogP contribution in [0.1, 0.15) is 20.3 Å². The Bertz CT molecular complexity index is 205. The minimum absolute atomic E-state index is 0.0149. The van der Waals surface area contributed by atoms with Crippen LogP contribution in [0.25, 0.3) is 0 Å². The van der Waals surface area contributed by atoms with Crippen LogP contribution >= 0.6 is 0 Å². The molecule has 2 atom stereocenters. The van der Waals surface area contributed by atoms with E-state index in [9.17, 15) is 4.79 Å². The molecule has 0 aliphatic heterocycles. The first-order chi connectivity index (χ1) is 6.02. The van der Waals surface area contributed by atoms with Crippen LogP contribution in [0.4, 0.5) is 0 Å². The van der Waals surface area contributed by atoms with Gasteiger partial charge in [-0.3, -0.25) is 10.1 Å². The van der Waals surface area contributed by atoms with Crippen LogP contribution in [0.2, 0.25) is 0 Å². The Morgan fingerprint density at radius 1 is 1.62 bits per heavy atom. The van der Waals surface area contributed by atoms with Gasteiger partial charge < -0.3 is 4.90 Å². The van der Waals surface area contributed by atoms with E-state index in [4.69, 9.17) is 6.42 Å². The summed E-state index contributed by atoms with van der Waals surface area (Å²) in [7, 11) is 3.47. The first-order valence-electron chi connectivity index (χ1n) is 4.46. The van der Waals surface area contributed by atoms with Crippen LogP contribution < -0.4 is 5.32 Å². The molecule has 13 heavy (non-hydrogen) atoms. The molecule has 0 rings (SSSR count). The Labute approximate surface area is 80.5 Å². The molecule has 3 nitrogen and oxygen atoms in total. The molecule has 1 amide bonds. The summed E-state index contributed by atoms with van der Waals surface area (Å²) in [5.74, 6) is 2.64. The highest BCUT2D eigenvalue weighted by Gasteiger charge is 2.16. The van der Waals surface area contributed by atoms with Crippen molar-refractivity contribution < 1.29 is 4.79 Å². The van der Waals surface area contributed by atoms with Crippen molar-refractivity contribution >= 4 is 5.91 Å². The van der Waals surface area contributed by atoms with Gasteiger partial charge >= 0.3 is 0 Å². The van der Waals surface area contributed by atoms with E-state index >= 15 is 0 Å². The average molecular weight is 182 g/mol. The number of hydrogen-bond donors (Lipinski definition) is 1. The van der Waals surface area contributed by atoms with Crippen molar-refractivity contribution in [3.63, 3.8) is 0 Å². The second-order valence-corrected chi connectivity index (χ2v) is 3.25. The van der Waals surface area contributed by atoms with Gasteiger partial charge in [-0.15, -0.1) is 6.42 Å². The summed E-state index contributed by atoms with van der Waals surface area (Å²) in [6.45, 7) is 3.81. The molecule has 0 fully saturated rings. The molecule has 0 aromatic rings. The van der Waals surface area contributed by atoms with Crippen molar-refractivity contribution in [2.24, 2.45) is 0 Å². The minimum atomic E-state index is -0.212. The van der Waals surface area contributed by atoms with Crippen LogP contribution in [0, 0.1) is 12.3 Å².